The maximum atomic E-state index is 4.40. The molecule has 0 spiro atoms. The Morgan fingerprint density at radius 3 is 2.79 bits per heavy atom. The van der Waals surface area contributed by atoms with Gasteiger partial charge in [-0.3, -0.25) is 0 Å². The van der Waals surface area contributed by atoms with Gasteiger partial charge in [-0.1, -0.05) is 30.3 Å². The van der Waals surface area contributed by atoms with Gasteiger partial charge in [-0.25, -0.2) is 4.98 Å². The van der Waals surface area contributed by atoms with Crippen LogP contribution in [0.4, 0.5) is 5.95 Å². The van der Waals surface area contributed by atoms with Gasteiger partial charge in [0.05, 0.1) is 5.69 Å². The minimum Gasteiger partial charge on any atom is -0.356 e. The van der Waals surface area contributed by atoms with Crippen molar-refractivity contribution in [3.63, 3.8) is 0 Å². The molecule has 0 bridgehead atoms. The minimum atomic E-state index is 0.825. The third kappa shape index (κ3) is 1.76. The molecular formula is C11H13N3. The van der Waals surface area contributed by atoms with Crippen LogP contribution in [0.1, 0.15) is 6.92 Å². The summed E-state index contributed by atoms with van der Waals surface area (Å²) in [5.41, 5.74) is 2.11. The summed E-state index contributed by atoms with van der Waals surface area (Å²) < 4.78 is 0. The molecule has 2 rings (SSSR count). The molecule has 0 unspecified atom stereocenters. The molecule has 1 aromatic carbocycles. The van der Waals surface area contributed by atoms with Crippen LogP contribution in [0.25, 0.3) is 11.3 Å². The number of anilines is 1. The fraction of sp³-hybridized carbons (Fsp3) is 0.182. The number of H-pyrrole nitrogens is 1. The molecule has 0 saturated carbocycles. The average Bonchev–Trinajstić information content (AvgIpc) is 2.68. The Morgan fingerprint density at radius 1 is 1.29 bits per heavy atom. The molecular weight excluding hydrogens is 174 g/mol. The molecule has 0 atom stereocenters. The highest BCUT2D eigenvalue weighted by molar-refractivity contribution is 5.59. The summed E-state index contributed by atoms with van der Waals surface area (Å²) >= 11 is 0. The first kappa shape index (κ1) is 8.81. The fourth-order valence-corrected chi connectivity index (χ4v) is 1.34. The van der Waals surface area contributed by atoms with E-state index in [-0.39, 0.29) is 0 Å². The number of hydrogen-bond donors (Lipinski definition) is 2. The van der Waals surface area contributed by atoms with Gasteiger partial charge in [-0.2, -0.15) is 0 Å². The van der Waals surface area contributed by atoms with E-state index in [9.17, 15) is 0 Å². The quantitative estimate of drug-likeness (QED) is 0.775. The first-order valence-corrected chi connectivity index (χ1v) is 4.75. The van der Waals surface area contributed by atoms with Crippen molar-refractivity contribution in [2.45, 2.75) is 6.92 Å². The SMILES string of the molecule is CCNc1nc(-c2ccccc2)c[nH]1. The zero-order chi connectivity index (χ0) is 9.80. The first-order chi connectivity index (χ1) is 6.90. The maximum absolute atomic E-state index is 4.40. The Bertz CT molecular complexity index is 392. The van der Waals surface area contributed by atoms with Crippen molar-refractivity contribution >= 4 is 5.95 Å². The van der Waals surface area contributed by atoms with Crippen LogP contribution in [-0.2, 0) is 0 Å². The first-order valence-electron chi connectivity index (χ1n) is 4.75. The van der Waals surface area contributed by atoms with E-state index >= 15 is 0 Å². The molecule has 2 N–H and O–H groups in total. The molecule has 14 heavy (non-hydrogen) atoms. The Hall–Kier alpha value is -1.77. The number of aromatic amines is 1. The van der Waals surface area contributed by atoms with Crippen LogP contribution >= 0.6 is 0 Å². The molecule has 0 radical (unpaired) electrons. The van der Waals surface area contributed by atoms with Crippen molar-refractivity contribution < 1.29 is 0 Å². The summed E-state index contributed by atoms with van der Waals surface area (Å²) in [6.45, 7) is 2.92. The van der Waals surface area contributed by atoms with E-state index in [0.29, 0.717) is 0 Å². The van der Waals surface area contributed by atoms with Gasteiger partial charge in [-0.15, -0.1) is 0 Å². The second-order valence-electron chi connectivity index (χ2n) is 3.03. The lowest BCUT2D eigenvalue weighted by Crippen LogP contribution is -1.97. The van der Waals surface area contributed by atoms with Gasteiger partial charge in [0.25, 0.3) is 0 Å². The van der Waals surface area contributed by atoms with Crippen LogP contribution in [0.2, 0.25) is 0 Å². The lowest BCUT2D eigenvalue weighted by molar-refractivity contribution is 1.14. The van der Waals surface area contributed by atoms with Crippen molar-refractivity contribution in [2.24, 2.45) is 0 Å². The fourth-order valence-electron chi connectivity index (χ4n) is 1.34. The largest absolute Gasteiger partial charge is 0.356 e. The third-order valence-corrected chi connectivity index (χ3v) is 1.99. The predicted octanol–water partition coefficient (Wildman–Crippen LogP) is 2.51. The summed E-state index contributed by atoms with van der Waals surface area (Å²) in [6, 6.07) is 10.1. The smallest absolute Gasteiger partial charge is 0.200 e. The van der Waals surface area contributed by atoms with E-state index in [2.05, 4.69) is 15.3 Å². The summed E-state index contributed by atoms with van der Waals surface area (Å²) in [7, 11) is 0. The zero-order valence-electron chi connectivity index (χ0n) is 8.12. The molecule has 72 valence electrons. The monoisotopic (exact) mass is 187 g/mol. The number of benzene rings is 1. The zero-order valence-corrected chi connectivity index (χ0v) is 8.12. The molecule has 0 saturated heterocycles. The van der Waals surface area contributed by atoms with E-state index in [0.717, 1.165) is 23.8 Å². The molecule has 3 heteroatoms. The minimum absolute atomic E-state index is 0.825. The number of rotatable bonds is 3. The molecule has 0 amide bonds. The van der Waals surface area contributed by atoms with Crippen LogP contribution in [0.5, 0.6) is 0 Å². The molecule has 0 fully saturated rings. The number of aromatic nitrogens is 2. The van der Waals surface area contributed by atoms with E-state index < -0.39 is 0 Å². The third-order valence-electron chi connectivity index (χ3n) is 1.99. The van der Waals surface area contributed by atoms with Crippen LogP contribution in [0.15, 0.2) is 36.5 Å². The Kier molecular flexibility index (Phi) is 2.49. The Labute approximate surface area is 83.2 Å². The van der Waals surface area contributed by atoms with E-state index in [1.807, 2.05) is 43.5 Å². The molecule has 0 aliphatic heterocycles. The van der Waals surface area contributed by atoms with Gasteiger partial charge in [0.2, 0.25) is 5.95 Å². The van der Waals surface area contributed by atoms with Crippen molar-refractivity contribution in [3.8, 4) is 11.3 Å². The van der Waals surface area contributed by atoms with Gasteiger partial charge in [0, 0.05) is 18.3 Å². The van der Waals surface area contributed by atoms with Gasteiger partial charge in [0.1, 0.15) is 0 Å². The van der Waals surface area contributed by atoms with E-state index in [1.54, 1.807) is 0 Å². The summed E-state index contributed by atoms with van der Waals surface area (Å²) in [5, 5.41) is 3.13. The van der Waals surface area contributed by atoms with Crippen LogP contribution < -0.4 is 5.32 Å². The van der Waals surface area contributed by atoms with Crippen LogP contribution in [0.3, 0.4) is 0 Å². The summed E-state index contributed by atoms with van der Waals surface area (Å²) in [4.78, 5) is 7.49. The second-order valence-corrected chi connectivity index (χ2v) is 3.03. The average molecular weight is 187 g/mol. The Balaban J connectivity index is 2.25. The summed E-state index contributed by atoms with van der Waals surface area (Å²) in [5.74, 6) is 0.825. The standard InChI is InChI=1S/C11H13N3/c1-2-12-11-13-8-10(14-11)9-6-4-3-5-7-9/h3-8H,2H2,1H3,(H2,12,13,14). The number of imidazole rings is 1. The number of nitrogens with one attached hydrogen (secondary N) is 2. The Morgan fingerprint density at radius 2 is 2.07 bits per heavy atom. The van der Waals surface area contributed by atoms with E-state index in [4.69, 9.17) is 0 Å². The highest BCUT2D eigenvalue weighted by atomic mass is 15.1. The lowest BCUT2D eigenvalue weighted by Gasteiger charge is -1.95. The molecule has 0 aliphatic rings. The topological polar surface area (TPSA) is 40.7 Å². The molecule has 1 aromatic heterocycles. The number of hydrogen-bond acceptors (Lipinski definition) is 2. The van der Waals surface area contributed by atoms with E-state index in [1.165, 1.54) is 0 Å². The predicted molar refractivity (Wildman–Crippen MR) is 58.2 cm³/mol. The maximum Gasteiger partial charge on any atom is 0.200 e. The van der Waals surface area contributed by atoms with Crippen LogP contribution in [-0.4, -0.2) is 16.5 Å². The van der Waals surface area contributed by atoms with Crippen molar-refractivity contribution in [1.29, 1.82) is 0 Å². The van der Waals surface area contributed by atoms with Gasteiger partial charge < -0.3 is 10.3 Å². The molecule has 2 aromatic rings. The highest BCUT2D eigenvalue weighted by Gasteiger charge is 2.01. The van der Waals surface area contributed by atoms with Gasteiger partial charge in [0.15, 0.2) is 0 Å². The summed E-state index contributed by atoms with van der Waals surface area (Å²) in [6.07, 6.45) is 1.91. The van der Waals surface area contributed by atoms with Gasteiger partial charge >= 0.3 is 0 Å². The van der Waals surface area contributed by atoms with Crippen molar-refractivity contribution in [2.75, 3.05) is 11.9 Å². The van der Waals surface area contributed by atoms with Crippen LogP contribution in [0, 0.1) is 0 Å². The normalized spacial score (nSPS) is 10.1. The van der Waals surface area contributed by atoms with Crippen molar-refractivity contribution in [3.05, 3.63) is 36.5 Å². The second kappa shape index (κ2) is 3.96. The molecule has 1 heterocycles. The highest BCUT2D eigenvalue weighted by Crippen LogP contribution is 2.17. The van der Waals surface area contributed by atoms with Crippen molar-refractivity contribution in [1.82, 2.24) is 9.97 Å². The molecule has 0 aliphatic carbocycles. The van der Waals surface area contributed by atoms with Gasteiger partial charge in [-0.05, 0) is 6.92 Å². The number of nitrogens with zero attached hydrogens (tertiary/aromatic N) is 1. The molecule has 3 nitrogen and oxygen atoms in total. The lowest BCUT2D eigenvalue weighted by atomic mass is 10.2.